The molecule has 0 aromatic carbocycles. The predicted molar refractivity (Wildman–Crippen MR) is 62.7 cm³/mol. The fourth-order valence-corrected chi connectivity index (χ4v) is 2.44. The lowest BCUT2D eigenvalue weighted by molar-refractivity contribution is 0.146. The average Bonchev–Trinajstić information content (AvgIpc) is 2.25. The minimum Gasteiger partial charge on any atom is -0.317 e. The molecule has 1 rings (SSSR count). The molecule has 0 aromatic rings. The molecule has 1 heterocycles. The number of rotatable bonds is 6. The second-order valence-corrected chi connectivity index (χ2v) is 4.27. The molecule has 1 saturated heterocycles. The van der Waals surface area contributed by atoms with Gasteiger partial charge in [0.15, 0.2) is 0 Å². The van der Waals surface area contributed by atoms with Gasteiger partial charge >= 0.3 is 0 Å². The molecule has 0 radical (unpaired) electrons. The van der Waals surface area contributed by atoms with Crippen molar-refractivity contribution in [2.45, 2.75) is 52.0 Å². The van der Waals surface area contributed by atoms with E-state index in [0.717, 1.165) is 12.6 Å². The van der Waals surface area contributed by atoms with E-state index in [1.165, 1.54) is 51.7 Å². The highest BCUT2D eigenvalue weighted by molar-refractivity contribution is 4.75. The molecule has 14 heavy (non-hydrogen) atoms. The number of hydrogen-bond acceptors (Lipinski definition) is 2. The van der Waals surface area contributed by atoms with E-state index in [9.17, 15) is 0 Å². The minimum absolute atomic E-state index is 0.882. The molecule has 2 nitrogen and oxygen atoms in total. The molecule has 1 aliphatic heterocycles. The summed E-state index contributed by atoms with van der Waals surface area (Å²) in [6.45, 7) is 9.36. The Morgan fingerprint density at radius 1 is 1.29 bits per heavy atom. The first kappa shape index (κ1) is 12.0. The molecular weight excluding hydrogens is 172 g/mol. The van der Waals surface area contributed by atoms with Gasteiger partial charge in [-0.3, -0.25) is 0 Å². The Morgan fingerprint density at radius 3 is 2.86 bits per heavy atom. The molecule has 0 amide bonds. The number of likely N-dealkylation sites (tertiary alicyclic amines) is 1. The maximum atomic E-state index is 3.40. The summed E-state index contributed by atoms with van der Waals surface area (Å²) in [6, 6.07) is 0.882. The van der Waals surface area contributed by atoms with Crippen molar-refractivity contribution in [2.75, 3.05) is 26.2 Å². The number of nitrogens with zero attached hydrogens (tertiary/aromatic N) is 1. The fraction of sp³-hybridized carbons (Fsp3) is 1.00. The Kier molecular flexibility index (Phi) is 6.20. The van der Waals surface area contributed by atoms with Crippen molar-refractivity contribution in [1.29, 1.82) is 0 Å². The van der Waals surface area contributed by atoms with Gasteiger partial charge in [0.25, 0.3) is 0 Å². The zero-order valence-electron chi connectivity index (χ0n) is 9.89. The maximum absolute atomic E-state index is 3.40. The van der Waals surface area contributed by atoms with Crippen molar-refractivity contribution < 1.29 is 0 Å². The van der Waals surface area contributed by atoms with Gasteiger partial charge in [0.1, 0.15) is 0 Å². The molecule has 1 N–H and O–H groups in total. The summed E-state index contributed by atoms with van der Waals surface area (Å²) in [5, 5.41) is 3.40. The SMILES string of the molecule is CCNCCCC1CCCCN1CC. The van der Waals surface area contributed by atoms with E-state index in [1.807, 2.05) is 0 Å². The molecule has 84 valence electrons. The number of piperidine rings is 1. The van der Waals surface area contributed by atoms with Crippen LogP contribution in [-0.4, -0.2) is 37.1 Å². The molecule has 0 spiro atoms. The van der Waals surface area contributed by atoms with Crippen LogP contribution in [0.2, 0.25) is 0 Å². The predicted octanol–water partition coefficient (Wildman–Crippen LogP) is 2.25. The van der Waals surface area contributed by atoms with Crippen LogP contribution in [0.3, 0.4) is 0 Å². The van der Waals surface area contributed by atoms with Crippen molar-refractivity contribution >= 4 is 0 Å². The molecule has 2 heteroatoms. The zero-order chi connectivity index (χ0) is 10.2. The third-order valence-electron chi connectivity index (χ3n) is 3.30. The largest absolute Gasteiger partial charge is 0.317 e. The van der Waals surface area contributed by atoms with Gasteiger partial charge in [-0.05, 0) is 51.9 Å². The Labute approximate surface area is 89.1 Å². The lowest BCUT2D eigenvalue weighted by Gasteiger charge is -2.35. The summed E-state index contributed by atoms with van der Waals surface area (Å²) >= 11 is 0. The summed E-state index contributed by atoms with van der Waals surface area (Å²) in [7, 11) is 0. The Balaban J connectivity index is 2.13. The van der Waals surface area contributed by atoms with E-state index < -0.39 is 0 Å². The fourth-order valence-electron chi connectivity index (χ4n) is 2.44. The van der Waals surface area contributed by atoms with Crippen molar-refractivity contribution in [3.63, 3.8) is 0 Å². The Hall–Kier alpha value is -0.0800. The van der Waals surface area contributed by atoms with Gasteiger partial charge in [-0.25, -0.2) is 0 Å². The molecule has 1 aliphatic rings. The van der Waals surface area contributed by atoms with Crippen molar-refractivity contribution in [3.8, 4) is 0 Å². The van der Waals surface area contributed by atoms with Crippen LogP contribution in [0, 0.1) is 0 Å². The molecule has 0 saturated carbocycles. The highest BCUT2D eigenvalue weighted by Crippen LogP contribution is 2.19. The zero-order valence-corrected chi connectivity index (χ0v) is 9.89. The summed E-state index contributed by atoms with van der Waals surface area (Å²) in [5.74, 6) is 0. The van der Waals surface area contributed by atoms with Crippen LogP contribution in [0.5, 0.6) is 0 Å². The summed E-state index contributed by atoms with van der Waals surface area (Å²) in [5.41, 5.74) is 0. The van der Waals surface area contributed by atoms with Gasteiger partial charge in [-0.2, -0.15) is 0 Å². The van der Waals surface area contributed by atoms with E-state index in [2.05, 4.69) is 24.1 Å². The molecule has 1 fully saturated rings. The maximum Gasteiger partial charge on any atom is 0.00956 e. The monoisotopic (exact) mass is 198 g/mol. The first-order chi connectivity index (χ1) is 6.88. The number of nitrogens with one attached hydrogen (secondary N) is 1. The third kappa shape index (κ3) is 3.97. The highest BCUT2D eigenvalue weighted by atomic mass is 15.2. The van der Waals surface area contributed by atoms with E-state index in [-0.39, 0.29) is 0 Å². The second-order valence-electron chi connectivity index (χ2n) is 4.27. The Bertz CT molecular complexity index is 136. The first-order valence-electron chi connectivity index (χ1n) is 6.33. The van der Waals surface area contributed by atoms with Gasteiger partial charge < -0.3 is 10.2 Å². The third-order valence-corrected chi connectivity index (χ3v) is 3.30. The van der Waals surface area contributed by atoms with Crippen molar-refractivity contribution in [3.05, 3.63) is 0 Å². The molecular formula is C12H26N2. The molecule has 1 atom stereocenters. The van der Waals surface area contributed by atoms with E-state index in [0.29, 0.717) is 0 Å². The van der Waals surface area contributed by atoms with Gasteiger partial charge in [-0.1, -0.05) is 20.3 Å². The molecule has 1 unspecified atom stereocenters. The lowest BCUT2D eigenvalue weighted by Crippen LogP contribution is -2.39. The van der Waals surface area contributed by atoms with Crippen LogP contribution in [0.4, 0.5) is 0 Å². The molecule has 0 bridgehead atoms. The van der Waals surface area contributed by atoms with Crippen LogP contribution in [0.25, 0.3) is 0 Å². The standard InChI is InChI=1S/C12H26N2/c1-3-13-10-7-9-12-8-5-6-11-14(12)4-2/h12-13H,3-11H2,1-2H3. The first-order valence-corrected chi connectivity index (χ1v) is 6.33. The van der Waals surface area contributed by atoms with Crippen molar-refractivity contribution in [2.24, 2.45) is 0 Å². The van der Waals surface area contributed by atoms with E-state index >= 15 is 0 Å². The van der Waals surface area contributed by atoms with Gasteiger partial charge in [-0.15, -0.1) is 0 Å². The lowest BCUT2D eigenvalue weighted by atomic mass is 9.98. The quantitative estimate of drug-likeness (QED) is 0.659. The van der Waals surface area contributed by atoms with Gasteiger partial charge in [0, 0.05) is 6.04 Å². The smallest absolute Gasteiger partial charge is 0.00956 e. The van der Waals surface area contributed by atoms with Gasteiger partial charge in [0.2, 0.25) is 0 Å². The average molecular weight is 198 g/mol. The summed E-state index contributed by atoms with van der Waals surface area (Å²) in [4.78, 5) is 2.66. The van der Waals surface area contributed by atoms with Crippen LogP contribution >= 0.6 is 0 Å². The van der Waals surface area contributed by atoms with E-state index in [4.69, 9.17) is 0 Å². The van der Waals surface area contributed by atoms with Crippen LogP contribution < -0.4 is 5.32 Å². The summed E-state index contributed by atoms with van der Waals surface area (Å²) in [6.07, 6.45) is 7.02. The van der Waals surface area contributed by atoms with Crippen LogP contribution in [0.15, 0.2) is 0 Å². The van der Waals surface area contributed by atoms with Crippen LogP contribution in [-0.2, 0) is 0 Å². The molecule has 0 aliphatic carbocycles. The van der Waals surface area contributed by atoms with Gasteiger partial charge in [0.05, 0.1) is 0 Å². The molecule has 0 aromatic heterocycles. The topological polar surface area (TPSA) is 15.3 Å². The minimum atomic E-state index is 0.882. The summed E-state index contributed by atoms with van der Waals surface area (Å²) < 4.78 is 0. The normalized spacial score (nSPS) is 24.0. The second kappa shape index (κ2) is 7.24. The number of hydrogen-bond donors (Lipinski definition) is 1. The Morgan fingerprint density at radius 2 is 2.14 bits per heavy atom. The highest BCUT2D eigenvalue weighted by Gasteiger charge is 2.19. The van der Waals surface area contributed by atoms with Crippen molar-refractivity contribution in [1.82, 2.24) is 10.2 Å². The van der Waals surface area contributed by atoms with E-state index in [1.54, 1.807) is 0 Å². The van der Waals surface area contributed by atoms with Crippen LogP contribution in [0.1, 0.15) is 46.0 Å².